The van der Waals surface area contributed by atoms with Crippen LogP contribution in [0.25, 0.3) is 10.6 Å². The molecule has 0 aliphatic heterocycles. The van der Waals surface area contributed by atoms with Crippen molar-refractivity contribution in [2.45, 2.75) is 43.0 Å². The van der Waals surface area contributed by atoms with Crippen LogP contribution in [0.4, 0.5) is 0 Å². The first-order chi connectivity index (χ1) is 10.1. The maximum absolute atomic E-state index is 6.02. The number of halogens is 1. The number of thiol groups is 1. The Morgan fingerprint density at radius 3 is 2.81 bits per heavy atom. The summed E-state index contributed by atoms with van der Waals surface area (Å²) in [5.74, 6) is 0. The third kappa shape index (κ3) is 3.52. The molecule has 1 aliphatic rings. The van der Waals surface area contributed by atoms with Crippen LogP contribution in [0.15, 0.2) is 28.1 Å². The van der Waals surface area contributed by atoms with Crippen LogP contribution in [-0.4, -0.2) is 15.8 Å². The van der Waals surface area contributed by atoms with Crippen LogP contribution in [0, 0.1) is 0 Å². The summed E-state index contributed by atoms with van der Waals surface area (Å²) in [5, 5.41) is 6.20. The van der Waals surface area contributed by atoms with Crippen LogP contribution in [0.5, 0.6) is 0 Å². The first kappa shape index (κ1) is 15.1. The Kier molecular flexibility index (Phi) is 4.72. The van der Waals surface area contributed by atoms with Gasteiger partial charge in [-0.2, -0.15) is 5.10 Å². The number of hydrogen-bond donors (Lipinski definition) is 1. The van der Waals surface area contributed by atoms with Crippen LogP contribution in [0.2, 0.25) is 5.02 Å². The fourth-order valence-electron chi connectivity index (χ4n) is 2.59. The number of benzene rings is 1. The van der Waals surface area contributed by atoms with Gasteiger partial charge < -0.3 is 0 Å². The van der Waals surface area contributed by atoms with E-state index in [0.717, 1.165) is 20.3 Å². The zero-order valence-electron chi connectivity index (χ0n) is 11.9. The molecule has 0 spiro atoms. The van der Waals surface area contributed by atoms with Crippen molar-refractivity contribution in [2.24, 2.45) is 12.0 Å². The van der Waals surface area contributed by atoms with Crippen LogP contribution >= 0.6 is 35.6 Å². The van der Waals surface area contributed by atoms with E-state index in [-0.39, 0.29) is 0 Å². The third-order valence-corrected chi connectivity index (χ3v) is 5.66. The number of aromatic nitrogens is 2. The molecule has 1 aliphatic carbocycles. The second-order valence-corrected chi connectivity index (χ2v) is 7.25. The summed E-state index contributed by atoms with van der Waals surface area (Å²) in [7, 11) is 1.96. The van der Waals surface area contributed by atoms with Crippen LogP contribution in [-0.2, 0) is 7.05 Å². The zero-order chi connectivity index (χ0) is 14.8. The van der Waals surface area contributed by atoms with E-state index in [1.807, 2.05) is 29.9 Å². The van der Waals surface area contributed by atoms with Gasteiger partial charge in [-0.3, -0.25) is 4.99 Å². The molecule has 112 valence electrons. The molecule has 21 heavy (non-hydrogen) atoms. The molecule has 0 saturated heterocycles. The molecule has 3 rings (SSSR count). The summed E-state index contributed by atoms with van der Waals surface area (Å²) in [5.41, 5.74) is 1.04. The molecule has 0 atom stereocenters. The molecule has 1 aromatic heterocycles. The molecule has 0 unspecified atom stereocenters. The quantitative estimate of drug-likeness (QED) is 0.811. The molecule has 0 radical (unpaired) electrons. The molecule has 6 heteroatoms. The molecule has 0 amide bonds. The largest absolute Gasteiger partial charge is 0.254 e. The maximum atomic E-state index is 6.02. The first-order valence-corrected chi connectivity index (χ1v) is 8.84. The molecule has 1 saturated carbocycles. The molecule has 2 aromatic rings. The molecule has 3 nitrogen and oxygen atoms in total. The minimum atomic E-state index is 0.462. The summed E-state index contributed by atoms with van der Waals surface area (Å²) in [6.45, 7) is 0. The topological polar surface area (TPSA) is 30.2 Å². The Balaban J connectivity index is 1.93. The Labute approximate surface area is 139 Å². The minimum Gasteiger partial charge on any atom is -0.254 e. The molecule has 0 bridgehead atoms. The SMILES string of the molecule is Cn1nc(-c2ccc(Cl)c(S)c2)sc1=NC1CCCCC1. The van der Waals surface area contributed by atoms with E-state index < -0.39 is 0 Å². The molecule has 1 fully saturated rings. The van der Waals surface area contributed by atoms with Gasteiger partial charge in [-0.25, -0.2) is 4.68 Å². The molecule has 1 aromatic carbocycles. The molecule has 0 N–H and O–H groups in total. The van der Waals surface area contributed by atoms with E-state index in [1.54, 1.807) is 11.3 Å². The minimum absolute atomic E-state index is 0.462. The van der Waals surface area contributed by atoms with Crippen LogP contribution in [0.1, 0.15) is 32.1 Å². The van der Waals surface area contributed by atoms with Crippen LogP contribution < -0.4 is 4.80 Å². The van der Waals surface area contributed by atoms with Gasteiger partial charge in [-0.15, -0.1) is 12.6 Å². The number of nitrogens with zero attached hydrogens (tertiary/aromatic N) is 3. The van der Waals surface area contributed by atoms with Crippen molar-refractivity contribution in [3.05, 3.63) is 28.0 Å². The summed E-state index contributed by atoms with van der Waals surface area (Å²) < 4.78 is 1.88. The second kappa shape index (κ2) is 6.55. The lowest BCUT2D eigenvalue weighted by Gasteiger charge is -2.16. The van der Waals surface area contributed by atoms with E-state index in [0.29, 0.717) is 11.1 Å². The average molecular weight is 340 g/mol. The van der Waals surface area contributed by atoms with Gasteiger partial charge in [0.25, 0.3) is 0 Å². The van der Waals surface area contributed by atoms with Crippen LogP contribution in [0.3, 0.4) is 0 Å². The lowest BCUT2D eigenvalue weighted by molar-refractivity contribution is 0.434. The fourth-order valence-corrected chi connectivity index (χ4v) is 3.88. The highest BCUT2D eigenvalue weighted by atomic mass is 35.5. The van der Waals surface area contributed by atoms with E-state index in [4.69, 9.17) is 16.6 Å². The summed E-state index contributed by atoms with van der Waals surface area (Å²) >= 11 is 12.0. The van der Waals surface area contributed by atoms with Crippen molar-refractivity contribution in [3.63, 3.8) is 0 Å². The van der Waals surface area contributed by atoms with E-state index in [2.05, 4.69) is 17.7 Å². The van der Waals surface area contributed by atoms with Gasteiger partial charge >= 0.3 is 0 Å². The van der Waals surface area contributed by atoms with Crippen molar-refractivity contribution in [1.29, 1.82) is 0 Å². The van der Waals surface area contributed by atoms with Crippen molar-refractivity contribution < 1.29 is 0 Å². The third-order valence-electron chi connectivity index (χ3n) is 3.77. The summed E-state index contributed by atoms with van der Waals surface area (Å²) in [6, 6.07) is 6.25. The lowest BCUT2D eigenvalue weighted by atomic mass is 9.96. The Hall–Kier alpha value is -0.780. The first-order valence-electron chi connectivity index (χ1n) is 7.20. The Morgan fingerprint density at radius 1 is 1.33 bits per heavy atom. The number of rotatable bonds is 2. The van der Waals surface area contributed by atoms with Crippen molar-refractivity contribution in [2.75, 3.05) is 0 Å². The predicted molar refractivity (Wildman–Crippen MR) is 91.2 cm³/mol. The van der Waals surface area contributed by atoms with E-state index >= 15 is 0 Å². The normalized spacial score (nSPS) is 17.4. The Morgan fingerprint density at radius 2 is 2.10 bits per heavy atom. The van der Waals surface area contributed by atoms with Crippen molar-refractivity contribution >= 4 is 35.6 Å². The van der Waals surface area contributed by atoms with Gasteiger partial charge in [0.2, 0.25) is 4.80 Å². The van der Waals surface area contributed by atoms with Gasteiger partial charge in [0, 0.05) is 17.5 Å². The predicted octanol–water partition coefficient (Wildman–Crippen LogP) is 4.32. The lowest BCUT2D eigenvalue weighted by Crippen LogP contribution is -2.18. The summed E-state index contributed by atoms with van der Waals surface area (Å²) in [4.78, 5) is 6.65. The van der Waals surface area contributed by atoms with E-state index in [1.165, 1.54) is 32.1 Å². The van der Waals surface area contributed by atoms with E-state index in [9.17, 15) is 0 Å². The van der Waals surface area contributed by atoms with Gasteiger partial charge in [0.15, 0.2) is 0 Å². The van der Waals surface area contributed by atoms with Gasteiger partial charge in [-0.1, -0.05) is 48.3 Å². The molecule has 1 heterocycles. The smallest absolute Gasteiger partial charge is 0.203 e. The van der Waals surface area contributed by atoms with Gasteiger partial charge in [-0.05, 0) is 25.0 Å². The van der Waals surface area contributed by atoms with Gasteiger partial charge in [0.05, 0.1) is 11.1 Å². The molecular formula is C15H18ClN3S2. The van der Waals surface area contributed by atoms with Gasteiger partial charge in [0.1, 0.15) is 5.01 Å². The zero-order valence-corrected chi connectivity index (χ0v) is 14.4. The molecular weight excluding hydrogens is 322 g/mol. The van der Waals surface area contributed by atoms with Crippen molar-refractivity contribution in [1.82, 2.24) is 9.78 Å². The highest BCUT2D eigenvalue weighted by molar-refractivity contribution is 7.80. The average Bonchev–Trinajstić information content (AvgIpc) is 2.84. The van der Waals surface area contributed by atoms with Crippen molar-refractivity contribution in [3.8, 4) is 10.6 Å². The Bertz CT molecular complexity index is 699. The standard InChI is InChI=1S/C15H18ClN3S2/c1-19-15(17-11-5-3-2-4-6-11)21-14(18-19)10-7-8-12(16)13(20)9-10/h7-9,11,20H,2-6H2,1H3. The fraction of sp³-hybridized carbons (Fsp3) is 0.467. The maximum Gasteiger partial charge on any atom is 0.203 e. The highest BCUT2D eigenvalue weighted by Gasteiger charge is 2.13. The number of hydrogen-bond acceptors (Lipinski definition) is 4. The number of aryl methyl sites for hydroxylation is 1. The highest BCUT2D eigenvalue weighted by Crippen LogP contribution is 2.27. The monoisotopic (exact) mass is 339 g/mol. The summed E-state index contributed by atoms with van der Waals surface area (Å²) in [6.07, 6.45) is 6.35. The second-order valence-electron chi connectivity index (χ2n) is 5.40.